The summed E-state index contributed by atoms with van der Waals surface area (Å²) >= 11 is 0. The van der Waals surface area contributed by atoms with Gasteiger partial charge in [-0.15, -0.1) is 6.42 Å². The van der Waals surface area contributed by atoms with Crippen LogP contribution in [0.15, 0.2) is 18.2 Å². The van der Waals surface area contributed by atoms with E-state index in [4.69, 9.17) is 0 Å². The Morgan fingerprint density at radius 1 is 1.30 bits per heavy atom. The van der Waals surface area contributed by atoms with Crippen molar-refractivity contribution in [3.8, 4) is 0 Å². The van der Waals surface area contributed by atoms with E-state index in [-0.39, 0.29) is 23.9 Å². The Labute approximate surface area is 82.6 Å². The van der Waals surface area contributed by atoms with Crippen LogP contribution in [0.3, 0.4) is 0 Å². The first-order valence-electron chi connectivity index (χ1n) is 3.13. The summed E-state index contributed by atoms with van der Waals surface area (Å²) in [5.41, 5.74) is 0. The summed E-state index contributed by atoms with van der Waals surface area (Å²) in [6.45, 7) is 10.0. The maximum Gasteiger partial charge on any atom is 2.00 e. The van der Waals surface area contributed by atoms with Gasteiger partial charge in [0.15, 0.2) is 0 Å². The molecule has 0 N–H and O–H groups in total. The van der Waals surface area contributed by atoms with Crippen molar-refractivity contribution in [3.63, 3.8) is 0 Å². The van der Waals surface area contributed by atoms with Crippen LogP contribution in [-0.4, -0.2) is 0 Å². The van der Waals surface area contributed by atoms with Gasteiger partial charge in [0.05, 0.1) is 0 Å². The van der Waals surface area contributed by atoms with Crippen molar-refractivity contribution < 1.29 is 23.9 Å². The Hall–Kier alpha value is 0.168. The number of allylic oxidation sites excluding steroid dienone is 4. The number of hydrogen-bond donors (Lipinski definition) is 0. The molecule has 0 unspecified atom stereocenters. The fourth-order valence-electron chi connectivity index (χ4n) is 0.340. The van der Waals surface area contributed by atoms with Crippen LogP contribution in [0.2, 0.25) is 0 Å². The third kappa shape index (κ3) is 15.7. The van der Waals surface area contributed by atoms with E-state index >= 15 is 0 Å². The zero-order chi connectivity index (χ0) is 7.54. The molecule has 1 aliphatic rings. The van der Waals surface area contributed by atoms with Crippen LogP contribution in [0.5, 0.6) is 0 Å². The van der Waals surface area contributed by atoms with Crippen molar-refractivity contribution in [3.05, 3.63) is 38.2 Å². The molecular weight excluding hydrogens is 204 g/mol. The average molecular weight is 221 g/mol. The summed E-state index contributed by atoms with van der Waals surface area (Å²) in [4.78, 5) is 0. The molecule has 0 saturated carbocycles. The van der Waals surface area contributed by atoms with Crippen molar-refractivity contribution in [1.82, 2.24) is 0 Å². The zero-order valence-electron chi connectivity index (χ0n) is 8.76. The normalized spacial score (nSPS) is 10.0. The molecule has 0 aromatic rings. The topological polar surface area (TPSA) is 0 Å². The van der Waals surface area contributed by atoms with Gasteiger partial charge in [-0.3, -0.25) is 6.08 Å². The third-order valence-corrected chi connectivity index (χ3v) is 0.586. The van der Waals surface area contributed by atoms with E-state index in [1.54, 1.807) is 13.8 Å². The first kappa shape index (κ1) is 16.6. The van der Waals surface area contributed by atoms with Crippen LogP contribution >= 0.6 is 0 Å². The average Bonchev–Trinajstić information content (AvgIpc) is 2.51. The number of rotatable bonds is 0. The van der Waals surface area contributed by atoms with Gasteiger partial charge >= 0.3 is 21.1 Å². The first-order chi connectivity index (χ1) is 4.50. The Morgan fingerprint density at radius 2 is 1.80 bits per heavy atom. The largest absolute Gasteiger partial charge is 2.00 e. The molecule has 62 valence electrons. The summed E-state index contributed by atoms with van der Waals surface area (Å²) < 4.78 is 0. The summed E-state index contributed by atoms with van der Waals surface area (Å²) in [7, 11) is 0. The molecular formula is C9H17Mo-3. The monoisotopic (exact) mass is 223 g/mol. The molecule has 1 heteroatoms. The van der Waals surface area contributed by atoms with Gasteiger partial charge in [-0.25, -0.2) is 12.2 Å². The second-order valence-corrected chi connectivity index (χ2v) is 1.00. The van der Waals surface area contributed by atoms with Crippen molar-refractivity contribution in [2.24, 2.45) is 0 Å². The van der Waals surface area contributed by atoms with E-state index in [1.165, 1.54) is 0 Å². The molecule has 1 rings (SSSR count). The molecule has 0 amide bonds. The van der Waals surface area contributed by atoms with Gasteiger partial charge in [0, 0.05) is 0 Å². The molecule has 0 heterocycles. The van der Waals surface area contributed by atoms with Gasteiger partial charge in [0.1, 0.15) is 0 Å². The minimum absolute atomic E-state index is 0. The minimum atomic E-state index is 0. The Bertz CT molecular complexity index is 70.6. The van der Waals surface area contributed by atoms with Crippen molar-refractivity contribution in [2.75, 3.05) is 0 Å². The fraction of sp³-hybridized carbons (Fsp3) is 0.333. The summed E-state index contributed by atoms with van der Waals surface area (Å²) in [5.74, 6) is 0. The molecule has 0 aromatic heterocycles. The molecule has 0 atom stereocenters. The van der Waals surface area contributed by atoms with E-state index in [0.29, 0.717) is 0 Å². The molecule has 0 bridgehead atoms. The molecule has 0 saturated heterocycles. The van der Waals surface area contributed by atoms with E-state index in [1.807, 2.05) is 12.2 Å². The standard InChI is InChI=1S/C5H5.2C2H5.Mo.2H/c1-2-4-5-3-1;2*1-2;;;/h1-3H,4H2;2*1H2,2H3;;;/q3*-1;+2;2*-1. The molecule has 0 aromatic carbocycles. The third-order valence-electron chi connectivity index (χ3n) is 0.586. The Kier molecular flexibility index (Phi) is 38.1. The van der Waals surface area contributed by atoms with Crippen LogP contribution in [0, 0.1) is 19.9 Å². The molecule has 0 radical (unpaired) electrons. The van der Waals surface area contributed by atoms with Crippen LogP contribution in [0.4, 0.5) is 0 Å². The van der Waals surface area contributed by atoms with Crippen molar-refractivity contribution >= 4 is 0 Å². The zero-order valence-corrected chi connectivity index (χ0v) is 8.77. The first-order valence-corrected chi connectivity index (χ1v) is 3.13. The van der Waals surface area contributed by atoms with Gasteiger partial charge in [-0.1, -0.05) is 0 Å². The Morgan fingerprint density at radius 3 is 1.90 bits per heavy atom. The van der Waals surface area contributed by atoms with Crippen molar-refractivity contribution in [2.45, 2.75) is 20.3 Å². The smallest absolute Gasteiger partial charge is 1.00 e. The molecule has 1 aliphatic carbocycles. The Balaban J connectivity index is -0.0000000213. The van der Waals surface area contributed by atoms with Crippen LogP contribution in [-0.2, 0) is 21.1 Å². The van der Waals surface area contributed by atoms with Crippen LogP contribution < -0.4 is 0 Å². The van der Waals surface area contributed by atoms with E-state index < -0.39 is 0 Å². The van der Waals surface area contributed by atoms with Crippen LogP contribution in [0.25, 0.3) is 0 Å². The van der Waals surface area contributed by atoms with E-state index in [2.05, 4.69) is 26.0 Å². The molecule has 10 heavy (non-hydrogen) atoms. The summed E-state index contributed by atoms with van der Waals surface area (Å²) in [6.07, 6.45) is 10.0. The fourth-order valence-corrected chi connectivity index (χ4v) is 0.340. The predicted molar refractivity (Wildman–Crippen MR) is 45.9 cm³/mol. The predicted octanol–water partition coefficient (Wildman–Crippen LogP) is 3.21. The van der Waals surface area contributed by atoms with E-state index in [9.17, 15) is 0 Å². The molecule has 0 nitrogen and oxygen atoms in total. The van der Waals surface area contributed by atoms with E-state index in [0.717, 1.165) is 6.42 Å². The quantitative estimate of drug-likeness (QED) is 0.435. The summed E-state index contributed by atoms with van der Waals surface area (Å²) in [6, 6.07) is 0. The van der Waals surface area contributed by atoms with Gasteiger partial charge < -0.3 is 16.7 Å². The minimum Gasteiger partial charge on any atom is -1.00 e. The molecule has 0 aliphatic heterocycles. The summed E-state index contributed by atoms with van der Waals surface area (Å²) in [5, 5.41) is 0. The van der Waals surface area contributed by atoms with Crippen LogP contribution in [0.1, 0.15) is 23.1 Å². The molecule has 0 fully saturated rings. The van der Waals surface area contributed by atoms with Gasteiger partial charge in [-0.05, 0) is 0 Å². The maximum absolute atomic E-state index is 3.25. The number of hydrogen-bond acceptors (Lipinski definition) is 0. The van der Waals surface area contributed by atoms with Gasteiger partial charge in [0.25, 0.3) is 0 Å². The van der Waals surface area contributed by atoms with Gasteiger partial charge in [-0.2, -0.15) is 19.9 Å². The second-order valence-electron chi connectivity index (χ2n) is 1.00. The van der Waals surface area contributed by atoms with Gasteiger partial charge in [0.2, 0.25) is 0 Å². The maximum atomic E-state index is 3.25. The van der Waals surface area contributed by atoms with Crippen molar-refractivity contribution in [1.29, 1.82) is 0 Å². The molecule has 0 spiro atoms. The SMILES string of the molecule is [C-]1=CC=CC1.[CH2-]C.[CH2-]C.[H-].[H-].[Mo+2]. The second kappa shape index (κ2) is 22.9.